The maximum Gasteiger partial charge on any atom is 0.0914 e. The van der Waals surface area contributed by atoms with Gasteiger partial charge in [-0.25, -0.2) is 0 Å². The van der Waals surface area contributed by atoms with Crippen LogP contribution in [0.2, 0.25) is 0 Å². The lowest BCUT2D eigenvalue weighted by Gasteiger charge is -2.38. The van der Waals surface area contributed by atoms with Gasteiger partial charge in [-0.3, -0.25) is 0 Å². The molecule has 0 amide bonds. The highest BCUT2D eigenvalue weighted by molar-refractivity contribution is 9.10. The molecule has 0 saturated carbocycles. The van der Waals surface area contributed by atoms with E-state index in [0.29, 0.717) is 32.6 Å². The van der Waals surface area contributed by atoms with Crippen molar-refractivity contribution in [2.24, 2.45) is 0 Å². The van der Waals surface area contributed by atoms with E-state index < -0.39 is 11.7 Å². The van der Waals surface area contributed by atoms with Crippen molar-refractivity contribution in [2.45, 2.75) is 37.5 Å². The van der Waals surface area contributed by atoms with Crippen molar-refractivity contribution in [2.75, 3.05) is 19.8 Å². The Balaban J connectivity index is 1.88. The number of nitrogens with one attached hydrogen (secondary N) is 1. The summed E-state index contributed by atoms with van der Waals surface area (Å²) in [5.74, 6) is 0. The predicted molar refractivity (Wildman–Crippen MR) is 81.6 cm³/mol. The van der Waals surface area contributed by atoms with Crippen LogP contribution in [0.15, 0.2) is 28.7 Å². The second-order valence-electron chi connectivity index (χ2n) is 5.42. The third-order valence-electron chi connectivity index (χ3n) is 4.02. The number of hydrogen-bond acceptors (Lipinski definition) is 4. The van der Waals surface area contributed by atoms with Gasteiger partial charge in [-0.1, -0.05) is 28.1 Å². The molecule has 0 aliphatic carbocycles. The molecule has 1 aliphatic rings. The van der Waals surface area contributed by atoms with E-state index >= 15 is 0 Å². The van der Waals surface area contributed by atoms with Gasteiger partial charge in [0.25, 0.3) is 0 Å². The second-order valence-corrected chi connectivity index (χ2v) is 6.33. The zero-order chi connectivity index (χ0) is 14.6. The first-order chi connectivity index (χ1) is 9.51. The van der Waals surface area contributed by atoms with Crippen LogP contribution in [0.5, 0.6) is 0 Å². The molecule has 2 rings (SSSR count). The molecule has 0 aromatic heterocycles. The molecule has 0 bridgehead atoms. The van der Waals surface area contributed by atoms with Crippen molar-refractivity contribution < 1.29 is 14.9 Å². The van der Waals surface area contributed by atoms with E-state index in [2.05, 4.69) is 21.2 Å². The fraction of sp³-hybridized carbons (Fsp3) is 0.600. The molecule has 0 radical (unpaired) electrons. The Kier molecular flexibility index (Phi) is 5.57. The van der Waals surface area contributed by atoms with Crippen LogP contribution in [0.25, 0.3) is 0 Å². The van der Waals surface area contributed by atoms with E-state index in [-0.39, 0.29) is 6.04 Å². The van der Waals surface area contributed by atoms with Crippen molar-refractivity contribution >= 4 is 15.9 Å². The van der Waals surface area contributed by atoms with E-state index in [1.807, 2.05) is 31.2 Å². The average Bonchev–Trinajstić information content (AvgIpc) is 2.45. The number of hydrogen-bond donors (Lipinski definition) is 3. The quantitative estimate of drug-likeness (QED) is 0.765. The Morgan fingerprint density at radius 1 is 1.40 bits per heavy atom. The summed E-state index contributed by atoms with van der Waals surface area (Å²) >= 11 is 3.40. The Morgan fingerprint density at radius 2 is 2.10 bits per heavy atom. The number of rotatable bonds is 5. The molecular formula is C15H22BrNO3. The van der Waals surface area contributed by atoms with Crippen LogP contribution >= 0.6 is 15.9 Å². The number of aliphatic hydroxyl groups excluding tert-OH is 1. The largest absolute Gasteiger partial charge is 0.388 e. The highest BCUT2D eigenvalue weighted by atomic mass is 79.9. The SMILES string of the molecule is CC(NC[C@@H](O)c1cccc(Br)c1)C1(O)CCOCC1. The lowest BCUT2D eigenvalue weighted by atomic mass is 9.87. The number of halogens is 1. The van der Waals surface area contributed by atoms with Crippen molar-refractivity contribution in [3.05, 3.63) is 34.3 Å². The highest BCUT2D eigenvalue weighted by Crippen LogP contribution is 2.25. The van der Waals surface area contributed by atoms with E-state index in [1.54, 1.807) is 0 Å². The van der Waals surface area contributed by atoms with Crippen molar-refractivity contribution in [1.82, 2.24) is 5.32 Å². The van der Waals surface area contributed by atoms with Gasteiger partial charge in [0, 0.05) is 43.1 Å². The van der Waals surface area contributed by atoms with Crippen LogP contribution in [0.3, 0.4) is 0 Å². The molecule has 20 heavy (non-hydrogen) atoms. The first-order valence-corrected chi connectivity index (χ1v) is 7.77. The van der Waals surface area contributed by atoms with Gasteiger partial charge in [-0.05, 0) is 24.6 Å². The highest BCUT2D eigenvalue weighted by Gasteiger charge is 2.35. The van der Waals surface area contributed by atoms with Gasteiger partial charge >= 0.3 is 0 Å². The zero-order valence-corrected chi connectivity index (χ0v) is 13.3. The summed E-state index contributed by atoms with van der Waals surface area (Å²) in [6, 6.07) is 7.55. The van der Waals surface area contributed by atoms with Gasteiger partial charge in [-0.2, -0.15) is 0 Å². The monoisotopic (exact) mass is 343 g/mol. The summed E-state index contributed by atoms with van der Waals surface area (Å²) in [6.07, 6.45) is 0.681. The van der Waals surface area contributed by atoms with E-state index in [1.165, 1.54) is 0 Å². The van der Waals surface area contributed by atoms with E-state index in [4.69, 9.17) is 4.74 Å². The van der Waals surface area contributed by atoms with Gasteiger partial charge in [0.15, 0.2) is 0 Å². The fourth-order valence-corrected chi connectivity index (χ4v) is 2.88. The first kappa shape index (κ1) is 15.9. The maximum atomic E-state index is 10.5. The third-order valence-corrected chi connectivity index (χ3v) is 4.51. The Labute approximate surface area is 128 Å². The molecule has 1 heterocycles. The van der Waals surface area contributed by atoms with Gasteiger partial charge in [-0.15, -0.1) is 0 Å². The van der Waals surface area contributed by atoms with Gasteiger partial charge in [0.2, 0.25) is 0 Å². The Bertz CT molecular complexity index is 435. The third kappa shape index (κ3) is 4.02. The molecule has 1 aliphatic heterocycles. The molecular weight excluding hydrogens is 322 g/mol. The summed E-state index contributed by atoms with van der Waals surface area (Å²) < 4.78 is 6.23. The number of ether oxygens (including phenoxy) is 1. The molecule has 0 spiro atoms. The van der Waals surface area contributed by atoms with Crippen LogP contribution in [0.4, 0.5) is 0 Å². The molecule has 1 saturated heterocycles. The van der Waals surface area contributed by atoms with Gasteiger partial charge in [0.05, 0.1) is 11.7 Å². The van der Waals surface area contributed by atoms with Crippen molar-refractivity contribution in [3.63, 3.8) is 0 Å². The predicted octanol–water partition coefficient (Wildman–Crippen LogP) is 2.00. The summed E-state index contributed by atoms with van der Waals surface area (Å²) in [5.41, 5.74) is 0.118. The normalized spacial score (nSPS) is 21.4. The van der Waals surface area contributed by atoms with Crippen LogP contribution in [0.1, 0.15) is 31.4 Å². The smallest absolute Gasteiger partial charge is 0.0914 e. The molecule has 112 valence electrons. The summed E-state index contributed by atoms with van der Waals surface area (Å²) in [6.45, 7) is 3.56. The maximum absolute atomic E-state index is 10.5. The van der Waals surface area contributed by atoms with Crippen molar-refractivity contribution in [1.29, 1.82) is 0 Å². The van der Waals surface area contributed by atoms with Crippen molar-refractivity contribution in [3.8, 4) is 0 Å². The zero-order valence-electron chi connectivity index (χ0n) is 11.7. The summed E-state index contributed by atoms with van der Waals surface area (Å²) in [7, 11) is 0. The van der Waals surface area contributed by atoms with Crippen LogP contribution in [-0.2, 0) is 4.74 Å². The second kappa shape index (κ2) is 7.00. The summed E-state index contributed by atoms with van der Waals surface area (Å²) in [5, 5.41) is 24.0. The summed E-state index contributed by atoms with van der Waals surface area (Å²) in [4.78, 5) is 0. The molecule has 4 nitrogen and oxygen atoms in total. The lowest BCUT2D eigenvalue weighted by molar-refractivity contribution is -0.0828. The first-order valence-electron chi connectivity index (χ1n) is 6.98. The van der Waals surface area contributed by atoms with Crippen LogP contribution in [0, 0.1) is 0 Å². The number of aliphatic hydroxyl groups is 2. The Hall–Kier alpha value is -0.460. The number of benzene rings is 1. The molecule has 1 aromatic rings. The Morgan fingerprint density at radius 3 is 2.75 bits per heavy atom. The molecule has 2 atom stereocenters. The van der Waals surface area contributed by atoms with Gasteiger partial charge < -0.3 is 20.3 Å². The molecule has 1 aromatic carbocycles. The van der Waals surface area contributed by atoms with Crippen LogP contribution < -0.4 is 5.32 Å². The minimum Gasteiger partial charge on any atom is -0.388 e. The molecule has 3 N–H and O–H groups in total. The minimum absolute atomic E-state index is 0.0757. The van der Waals surface area contributed by atoms with Gasteiger partial charge in [0.1, 0.15) is 0 Å². The lowest BCUT2D eigenvalue weighted by Crippen LogP contribution is -2.52. The standard InChI is InChI=1S/C15H22BrNO3/c1-11(15(19)5-7-20-8-6-15)17-10-14(18)12-3-2-4-13(16)9-12/h2-4,9,11,14,17-19H,5-8,10H2,1H3/t11?,14-/m1/s1. The molecule has 5 heteroatoms. The average molecular weight is 344 g/mol. The van der Waals surface area contributed by atoms with E-state index in [9.17, 15) is 10.2 Å². The fourth-order valence-electron chi connectivity index (χ4n) is 2.47. The molecule has 1 unspecified atom stereocenters. The topological polar surface area (TPSA) is 61.7 Å². The molecule has 1 fully saturated rings. The van der Waals surface area contributed by atoms with E-state index in [0.717, 1.165) is 10.0 Å². The van der Waals surface area contributed by atoms with Crippen LogP contribution in [-0.4, -0.2) is 41.6 Å². The minimum atomic E-state index is -0.741.